The van der Waals surface area contributed by atoms with Crippen LogP contribution in [0.2, 0.25) is 0 Å². The molecule has 0 saturated carbocycles. The highest BCUT2D eigenvalue weighted by atomic mass is 16.2. The zero-order chi connectivity index (χ0) is 17.2. The minimum absolute atomic E-state index is 0.0690. The molecule has 128 valence electrons. The van der Waals surface area contributed by atoms with Crippen molar-refractivity contribution in [1.82, 2.24) is 20.4 Å². The van der Waals surface area contributed by atoms with E-state index in [1.54, 1.807) is 4.68 Å². The van der Waals surface area contributed by atoms with E-state index < -0.39 is 0 Å². The standard InChI is InChI=1S/C20H22N4O/c1-24-13-16-8-7-14(9-18(16)23-24)11-22-20(25)19-10-17(12-21-19)15-5-3-2-4-6-15/h2-9,13,17,19,21H,10-12H2,1H3,(H,22,25)/t17-,19+/m1/s1. The second kappa shape index (κ2) is 6.69. The minimum atomic E-state index is -0.121. The van der Waals surface area contributed by atoms with E-state index in [2.05, 4.69) is 40.0 Å². The summed E-state index contributed by atoms with van der Waals surface area (Å²) in [5, 5.41) is 11.9. The second-order valence-corrected chi connectivity index (χ2v) is 6.72. The van der Waals surface area contributed by atoms with Gasteiger partial charge in [-0.25, -0.2) is 0 Å². The first-order valence-corrected chi connectivity index (χ1v) is 8.67. The lowest BCUT2D eigenvalue weighted by atomic mass is 9.96. The number of amides is 1. The van der Waals surface area contributed by atoms with Crippen molar-refractivity contribution >= 4 is 16.8 Å². The highest BCUT2D eigenvalue weighted by Crippen LogP contribution is 2.25. The molecule has 2 N–H and O–H groups in total. The minimum Gasteiger partial charge on any atom is -0.351 e. The van der Waals surface area contributed by atoms with Crippen LogP contribution in [0.15, 0.2) is 54.7 Å². The van der Waals surface area contributed by atoms with E-state index in [-0.39, 0.29) is 11.9 Å². The van der Waals surface area contributed by atoms with Gasteiger partial charge >= 0.3 is 0 Å². The van der Waals surface area contributed by atoms with Crippen LogP contribution in [0.4, 0.5) is 0 Å². The lowest BCUT2D eigenvalue weighted by molar-refractivity contribution is -0.122. The van der Waals surface area contributed by atoms with Gasteiger partial charge in [0, 0.05) is 31.7 Å². The average Bonchev–Trinajstić information content (AvgIpc) is 3.26. The molecule has 1 aliphatic rings. The molecule has 5 heteroatoms. The summed E-state index contributed by atoms with van der Waals surface area (Å²) in [4.78, 5) is 12.5. The predicted molar refractivity (Wildman–Crippen MR) is 98.2 cm³/mol. The van der Waals surface area contributed by atoms with Gasteiger partial charge in [-0.2, -0.15) is 5.10 Å². The summed E-state index contributed by atoms with van der Waals surface area (Å²) in [6, 6.07) is 16.4. The van der Waals surface area contributed by atoms with E-state index in [0.29, 0.717) is 12.5 Å². The Labute approximate surface area is 147 Å². The normalized spacial score (nSPS) is 20.0. The Morgan fingerprint density at radius 2 is 2.12 bits per heavy atom. The zero-order valence-electron chi connectivity index (χ0n) is 14.3. The van der Waals surface area contributed by atoms with Crippen molar-refractivity contribution in [1.29, 1.82) is 0 Å². The first-order valence-electron chi connectivity index (χ1n) is 8.67. The molecule has 2 atom stereocenters. The van der Waals surface area contributed by atoms with Crippen molar-refractivity contribution in [2.45, 2.75) is 24.9 Å². The number of nitrogens with one attached hydrogen (secondary N) is 2. The molecule has 1 aliphatic heterocycles. The predicted octanol–water partition coefficient (Wildman–Crippen LogP) is 2.34. The van der Waals surface area contributed by atoms with Crippen molar-refractivity contribution in [3.05, 3.63) is 65.9 Å². The lowest BCUT2D eigenvalue weighted by Crippen LogP contribution is -2.39. The van der Waals surface area contributed by atoms with Crippen molar-refractivity contribution < 1.29 is 4.79 Å². The Hall–Kier alpha value is -2.66. The number of rotatable bonds is 4. The Kier molecular flexibility index (Phi) is 4.24. The molecule has 5 nitrogen and oxygen atoms in total. The van der Waals surface area contributed by atoms with Crippen LogP contribution in [-0.2, 0) is 18.4 Å². The summed E-state index contributed by atoms with van der Waals surface area (Å²) in [5.41, 5.74) is 3.32. The number of aromatic nitrogens is 2. The molecule has 25 heavy (non-hydrogen) atoms. The number of aryl methyl sites for hydroxylation is 1. The van der Waals surface area contributed by atoms with Gasteiger partial charge in [0.15, 0.2) is 0 Å². The van der Waals surface area contributed by atoms with Gasteiger partial charge in [0.1, 0.15) is 0 Å². The van der Waals surface area contributed by atoms with Gasteiger partial charge in [-0.3, -0.25) is 9.48 Å². The molecule has 1 amide bonds. The van der Waals surface area contributed by atoms with E-state index in [9.17, 15) is 4.79 Å². The summed E-state index contributed by atoms with van der Waals surface area (Å²) < 4.78 is 1.80. The summed E-state index contributed by atoms with van der Waals surface area (Å²) in [6.45, 7) is 1.38. The molecule has 0 unspecified atom stereocenters. The van der Waals surface area contributed by atoms with Crippen molar-refractivity contribution in [2.24, 2.45) is 7.05 Å². The fourth-order valence-corrected chi connectivity index (χ4v) is 3.52. The SMILES string of the molecule is Cn1cc2ccc(CNC(=O)[C@@H]3C[C@@H](c4ccccc4)CN3)cc2n1. The maximum Gasteiger partial charge on any atom is 0.237 e. The molecule has 2 heterocycles. The maximum absolute atomic E-state index is 12.5. The Morgan fingerprint density at radius 1 is 1.28 bits per heavy atom. The summed E-state index contributed by atoms with van der Waals surface area (Å²) >= 11 is 0. The number of nitrogens with zero attached hydrogens (tertiary/aromatic N) is 2. The first-order chi connectivity index (χ1) is 12.2. The van der Waals surface area contributed by atoms with Crippen LogP contribution in [0.1, 0.15) is 23.5 Å². The van der Waals surface area contributed by atoms with Gasteiger partial charge in [0.25, 0.3) is 0 Å². The van der Waals surface area contributed by atoms with Crippen LogP contribution in [0, 0.1) is 0 Å². The molecule has 0 radical (unpaired) electrons. The third-order valence-corrected chi connectivity index (χ3v) is 4.87. The van der Waals surface area contributed by atoms with Gasteiger partial charge in [0.05, 0.1) is 11.6 Å². The molecule has 3 aromatic rings. The van der Waals surface area contributed by atoms with Crippen LogP contribution >= 0.6 is 0 Å². The van der Waals surface area contributed by atoms with Crippen LogP contribution < -0.4 is 10.6 Å². The Balaban J connectivity index is 1.35. The van der Waals surface area contributed by atoms with E-state index >= 15 is 0 Å². The molecule has 1 fully saturated rings. The highest BCUT2D eigenvalue weighted by Gasteiger charge is 2.29. The number of fused-ring (bicyclic) bond motifs is 1. The van der Waals surface area contributed by atoms with Crippen LogP contribution in [0.3, 0.4) is 0 Å². The van der Waals surface area contributed by atoms with Gasteiger partial charge in [-0.05, 0) is 29.5 Å². The monoisotopic (exact) mass is 334 g/mol. The van der Waals surface area contributed by atoms with Gasteiger partial charge < -0.3 is 10.6 Å². The summed E-state index contributed by atoms with van der Waals surface area (Å²) in [6.07, 6.45) is 2.83. The average molecular weight is 334 g/mol. The lowest BCUT2D eigenvalue weighted by Gasteiger charge is -2.12. The van der Waals surface area contributed by atoms with E-state index in [0.717, 1.165) is 29.4 Å². The fraction of sp³-hybridized carbons (Fsp3) is 0.300. The molecular weight excluding hydrogens is 312 g/mol. The van der Waals surface area contributed by atoms with E-state index in [4.69, 9.17) is 0 Å². The highest BCUT2D eigenvalue weighted by molar-refractivity contribution is 5.82. The topological polar surface area (TPSA) is 59.0 Å². The summed E-state index contributed by atoms with van der Waals surface area (Å²) in [5.74, 6) is 0.473. The van der Waals surface area contributed by atoms with E-state index in [1.165, 1.54) is 5.56 Å². The number of carbonyl (C=O) groups excluding carboxylic acids is 1. The van der Waals surface area contributed by atoms with E-state index in [1.807, 2.05) is 37.5 Å². The Morgan fingerprint density at radius 3 is 2.96 bits per heavy atom. The second-order valence-electron chi connectivity index (χ2n) is 6.72. The molecule has 0 bridgehead atoms. The van der Waals surface area contributed by atoms with Crippen LogP contribution in [0.25, 0.3) is 10.9 Å². The van der Waals surface area contributed by atoms with Crippen molar-refractivity contribution in [3.63, 3.8) is 0 Å². The Bertz CT molecular complexity index is 887. The fourth-order valence-electron chi connectivity index (χ4n) is 3.52. The third-order valence-electron chi connectivity index (χ3n) is 4.87. The quantitative estimate of drug-likeness (QED) is 0.770. The van der Waals surface area contributed by atoms with Gasteiger partial charge in [-0.1, -0.05) is 42.5 Å². The molecule has 0 spiro atoms. The molecular formula is C20H22N4O. The van der Waals surface area contributed by atoms with Crippen LogP contribution in [0.5, 0.6) is 0 Å². The molecule has 2 aromatic carbocycles. The smallest absolute Gasteiger partial charge is 0.237 e. The first kappa shape index (κ1) is 15.8. The molecule has 0 aliphatic carbocycles. The largest absolute Gasteiger partial charge is 0.351 e. The van der Waals surface area contributed by atoms with Crippen molar-refractivity contribution in [2.75, 3.05) is 6.54 Å². The summed E-state index contributed by atoms with van der Waals surface area (Å²) in [7, 11) is 1.91. The van der Waals surface area contributed by atoms with Gasteiger partial charge in [-0.15, -0.1) is 0 Å². The zero-order valence-corrected chi connectivity index (χ0v) is 14.3. The molecule has 1 saturated heterocycles. The van der Waals surface area contributed by atoms with Gasteiger partial charge in [0.2, 0.25) is 5.91 Å². The number of carbonyl (C=O) groups is 1. The number of hydrogen-bond donors (Lipinski definition) is 2. The number of hydrogen-bond acceptors (Lipinski definition) is 3. The van der Waals surface area contributed by atoms with Crippen molar-refractivity contribution in [3.8, 4) is 0 Å². The molecule has 4 rings (SSSR count). The molecule has 1 aromatic heterocycles. The van der Waals surface area contributed by atoms with Crippen LogP contribution in [-0.4, -0.2) is 28.3 Å². The maximum atomic E-state index is 12.5. The third kappa shape index (κ3) is 3.42. The number of benzene rings is 2.